The van der Waals surface area contributed by atoms with Crippen molar-refractivity contribution in [1.29, 1.82) is 0 Å². The SMILES string of the molecule is CNCCCC(=O)C(C)(C)C(C)(C)N. The maximum atomic E-state index is 11.9. The van der Waals surface area contributed by atoms with Gasteiger partial charge in [0, 0.05) is 17.4 Å². The second kappa shape index (κ2) is 4.89. The van der Waals surface area contributed by atoms with Crippen LogP contribution < -0.4 is 11.1 Å². The zero-order chi connectivity index (χ0) is 11.4. The van der Waals surface area contributed by atoms with Crippen LogP contribution in [0.2, 0.25) is 0 Å². The van der Waals surface area contributed by atoms with Crippen LogP contribution >= 0.6 is 0 Å². The van der Waals surface area contributed by atoms with Gasteiger partial charge in [0.1, 0.15) is 5.78 Å². The van der Waals surface area contributed by atoms with Crippen LogP contribution in [0.15, 0.2) is 0 Å². The van der Waals surface area contributed by atoms with Crippen LogP contribution in [0.4, 0.5) is 0 Å². The van der Waals surface area contributed by atoms with Crippen molar-refractivity contribution in [3.05, 3.63) is 0 Å². The highest BCUT2D eigenvalue weighted by molar-refractivity contribution is 5.85. The lowest BCUT2D eigenvalue weighted by molar-refractivity contribution is -0.130. The summed E-state index contributed by atoms with van der Waals surface area (Å²) in [5.74, 6) is 0.250. The van der Waals surface area contributed by atoms with Crippen LogP contribution in [-0.2, 0) is 4.79 Å². The van der Waals surface area contributed by atoms with Gasteiger partial charge in [-0.25, -0.2) is 0 Å². The summed E-state index contributed by atoms with van der Waals surface area (Å²) < 4.78 is 0. The van der Waals surface area contributed by atoms with E-state index in [0.29, 0.717) is 6.42 Å². The van der Waals surface area contributed by atoms with Crippen LogP contribution in [0, 0.1) is 5.41 Å². The van der Waals surface area contributed by atoms with Gasteiger partial charge in [0.15, 0.2) is 0 Å². The van der Waals surface area contributed by atoms with Gasteiger partial charge < -0.3 is 11.1 Å². The van der Waals surface area contributed by atoms with Crippen molar-refractivity contribution in [2.45, 2.75) is 46.1 Å². The molecule has 0 aliphatic rings. The van der Waals surface area contributed by atoms with E-state index in [1.807, 2.05) is 34.7 Å². The van der Waals surface area contributed by atoms with Crippen molar-refractivity contribution in [1.82, 2.24) is 5.32 Å². The molecular weight excluding hydrogens is 176 g/mol. The van der Waals surface area contributed by atoms with Crippen LogP contribution in [0.1, 0.15) is 40.5 Å². The van der Waals surface area contributed by atoms with E-state index in [4.69, 9.17) is 5.73 Å². The molecule has 0 atom stereocenters. The number of hydrogen-bond acceptors (Lipinski definition) is 3. The smallest absolute Gasteiger partial charge is 0.140 e. The van der Waals surface area contributed by atoms with Crippen molar-refractivity contribution >= 4 is 5.78 Å². The fourth-order valence-corrected chi connectivity index (χ4v) is 1.10. The van der Waals surface area contributed by atoms with Crippen molar-refractivity contribution in [2.75, 3.05) is 13.6 Å². The molecule has 0 aromatic carbocycles. The number of carbonyl (C=O) groups excluding carboxylic acids is 1. The lowest BCUT2D eigenvalue weighted by atomic mass is 9.71. The van der Waals surface area contributed by atoms with Gasteiger partial charge in [0.2, 0.25) is 0 Å². The minimum atomic E-state index is -0.455. The molecule has 14 heavy (non-hydrogen) atoms. The van der Waals surface area contributed by atoms with Crippen molar-refractivity contribution in [3.8, 4) is 0 Å². The molecule has 0 unspecified atom stereocenters. The number of nitrogens with two attached hydrogens (primary N) is 1. The Morgan fingerprint density at radius 2 is 1.79 bits per heavy atom. The maximum absolute atomic E-state index is 11.9. The Morgan fingerprint density at radius 1 is 1.29 bits per heavy atom. The van der Waals surface area contributed by atoms with Gasteiger partial charge in [-0.2, -0.15) is 0 Å². The molecule has 0 amide bonds. The molecule has 3 nitrogen and oxygen atoms in total. The Balaban J connectivity index is 4.23. The summed E-state index contributed by atoms with van der Waals surface area (Å²) in [5, 5.41) is 3.03. The Labute approximate surface area is 87.4 Å². The van der Waals surface area contributed by atoms with Gasteiger partial charge in [-0.05, 0) is 33.9 Å². The Bertz CT molecular complexity index is 192. The lowest BCUT2D eigenvalue weighted by Gasteiger charge is -2.37. The molecule has 0 heterocycles. The summed E-state index contributed by atoms with van der Waals surface area (Å²) in [6.45, 7) is 8.54. The maximum Gasteiger partial charge on any atom is 0.140 e. The van der Waals surface area contributed by atoms with Gasteiger partial charge in [-0.1, -0.05) is 13.8 Å². The van der Waals surface area contributed by atoms with Crippen molar-refractivity contribution < 1.29 is 4.79 Å². The average Bonchev–Trinajstić information content (AvgIpc) is 2.02. The highest BCUT2D eigenvalue weighted by atomic mass is 16.1. The largest absolute Gasteiger partial charge is 0.325 e. The fraction of sp³-hybridized carbons (Fsp3) is 0.909. The highest BCUT2D eigenvalue weighted by Crippen LogP contribution is 2.30. The molecule has 3 N–H and O–H groups in total. The minimum Gasteiger partial charge on any atom is -0.325 e. The zero-order valence-corrected chi connectivity index (χ0v) is 10.1. The molecule has 0 spiro atoms. The first kappa shape index (κ1) is 13.6. The number of rotatable bonds is 6. The molecule has 0 fully saturated rings. The first-order chi connectivity index (χ1) is 6.23. The number of Topliss-reactive ketones (excluding diaryl/α,β-unsaturated/α-hetero) is 1. The summed E-state index contributed by atoms with van der Waals surface area (Å²) in [4.78, 5) is 11.9. The normalized spacial score (nSPS) is 13.0. The lowest BCUT2D eigenvalue weighted by Crippen LogP contribution is -2.51. The molecule has 0 aromatic heterocycles. The molecule has 0 bridgehead atoms. The molecule has 84 valence electrons. The highest BCUT2D eigenvalue weighted by Gasteiger charge is 2.39. The van der Waals surface area contributed by atoms with Gasteiger partial charge >= 0.3 is 0 Å². The van der Waals surface area contributed by atoms with Crippen LogP contribution in [0.5, 0.6) is 0 Å². The first-order valence-electron chi connectivity index (χ1n) is 5.20. The Hall–Kier alpha value is -0.410. The standard InChI is InChI=1S/C11H24N2O/c1-10(2,11(3,4)12)9(14)7-6-8-13-5/h13H,6-8,12H2,1-5H3. The number of nitrogens with one attached hydrogen (secondary N) is 1. The van der Waals surface area contributed by atoms with E-state index < -0.39 is 11.0 Å². The third-order valence-electron chi connectivity index (χ3n) is 3.14. The van der Waals surface area contributed by atoms with Crippen molar-refractivity contribution in [3.63, 3.8) is 0 Å². The van der Waals surface area contributed by atoms with Crippen LogP contribution in [0.3, 0.4) is 0 Å². The van der Waals surface area contributed by atoms with E-state index in [-0.39, 0.29) is 5.78 Å². The second-order valence-electron chi connectivity index (χ2n) is 4.98. The van der Waals surface area contributed by atoms with Gasteiger partial charge in [-0.3, -0.25) is 4.79 Å². The molecule has 0 aromatic rings. The van der Waals surface area contributed by atoms with E-state index >= 15 is 0 Å². The molecule has 3 heteroatoms. The van der Waals surface area contributed by atoms with Crippen LogP contribution in [-0.4, -0.2) is 24.9 Å². The van der Waals surface area contributed by atoms with Gasteiger partial charge in [0.25, 0.3) is 0 Å². The molecule has 0 saturated carbocycles. The molecule has 0 aliphatic carbocycles. The second-order valence-corrected chi connectivity index (χ2v) is 4.98. The van der Waals surface area contributed by atoms with E-state index in [1.165, 1.54) is 0 Å². The Morgan fingerprint density at radius 3 is 2.14 bits per heavy atom. The summed E-state index contributed by atoms with van der Waals surface area (Å²) in [6, 6.07) is 0. The first-order valence-corrected chi connectivity index (χ1v) is 5.20. The summed E-state index contributed by atoms with van der Waals surface area (Å²) >= 11 is 0. The predicted octanol–water partition coefficient (Wildman–Crippen LogP) is 1.32. The summed E-state index contributed by atoms with van der Waals surface area (Å²) in [6.07, 6.45) is 1.49. The van der Waals surface area contributed by atoms with E-state index in [2.05, 4.69) is 5.32 Å². The van der Waals surface area contributed by atoms with Crippen LogP contribution in [0.25, 0.3) is 0 Å². The summed E-state index contributed by atoms with van der Waals surface area (Å²) in [5.41, 5.74) is 5.08. The number of hydrogen-bond donors (Lipinski definition) is 2. The average molecular weight is 200 g/mol. The van der Waals surface area contributed by atoms with E-state index in [1.54, 1.807) is 0 Å². The number of ketones is 1. The molecular formula is C11H24N2O. The van der Waals surface area contributed by atoms with Crippen molar-refractivity contribution in [2.24, 2.45) is 11.1 Å². The Kier molecular flexibility index (Phi) is 4.75. The quantitative estimate of drug-likeness (QED) is 0.636. The topological polar surface area (TPSA) is 55.1 Å². The molecule has 0 aliphatic heterocycles. The molecule has 0 rings (SSSR count). The third-order valence-corrected chi connectivity index (χ3v) is 3.14. The van der Waals surface area contributed by atoms with Gasteiger partial charge in [-0.15, -0.1) is 0 Å². The third kappa shape index (κ3) is 3.39. The zero-order valence-electron chi connectivity index (χ0n) is 10.1. The van der Waals surface area contributed by atoms with E-state index in [9.17, 15) is 4.79 Å². The summed E-state index contributed by atoms with van der Waals surface area (Å²) in [7, 11) is 1.89. The predicted molar refractivity (Wildman–Crippen MR) is 60.2 cm³/mol. The number of carbonyl (C=O) groups is 1. The molecule has 0 radical (unpaired) electrons. The van der Waals surface area contributed by atoms with E-state index in [0.717, 1.165) is 13.0 Å². The monoisotopic (exact) mass is 200 g/mol. The van der Waals surface area contributed by atoms with Gasteiger partial charge in [0.05, 0.1) is 0 Å². The molecule has 0 saturated heterocycles. The fourth-order valence-electron chi connectivity index (χ4n) is 1.10. The minimum absolute atomic E-state index is 0.250.